The number of methoxy groups -OCH3 is 1. The standard InChI is InChI=1S/C24H26N6O2/c1-3-16-8-9-20-18(14-16)15-19(24(31)25-20)22(23-26-27-28-30(23)12-13-32-2)29-11-10-17-6-4-5-7-21(17)29/h4-9,14-15,22H,3,10-13H2,1-2H3,(H,25,31). The minimum absolute atomic E-state index is 0.127. The summed E-state index contributed by atoms with van der Waals surface area (Å²) in [6.07, 6.45) is 1.85. The molecule has 2 aromatic carbocycles. The predicted octanol–water partition coefficient (Wildman–Crippen LogP) is 2.88. The molecule has 1 aliphatic heterocycles. The third-order valence-corrected chi connectivity index (χ3v) is 6.19. The van der Waals surface area contributed by atoms with Gasteiger partial charge in [-0.3, -0.25) is 4.79 Å². The zero-order chi connectivity index (χ0) is 22.1. The molecule has 8 heteroatoms. The number of aromatic amines is 1. The summed E-state index contributed by atoms with van der Waals surface area (Å²) in [5.41, 5.74) is 4.94. The van der Waals surface area contributed by atoms with Gasteiger partial charge in [0.15, 0.2) is 5.82 Å². The Hall–Kier alpha value is -3.52. The lowest BCUT2D eigenvalue weighted by atomic mass is 10.0. The van der Waals surface area contributed by atoms with Gasteiger partial charge in [-0.05, 0) is 64.0 Å². The number of H-pyrrole nitrogens is 1. The van der Waals surface area contributed by atoms with Crippen LogP contribution in [-0.4, -0.2) is 45.5 Å². The molecule has 4 aromatic rings. The van der Waals surface area contributed by atoms with Gasteiger partial charge in [0.05, 0.1) is 13.2 Å². The molecule has 1 atom stereocenters. The van der Waals surface area contributed by atoms with E-state index in [0.29, 0.717) is 24.5 Å². The first-order chi connectivity index (χ1) is 15.7. The van der Waals surface area contributed by atoms with Gasteiger partial charge in [0.25, 0.3) is 5.56 Å². The average Bonchev–Trinajstić information content (AvgIpc) is 3.46. The van der Waals surface area contributed by atoms with E-state index in [1.807, 2.05) is 18.2 Å². The molecular weight excluding hydrogens is 404 g/mol. The summed E-state index contributed by atoms with van der Waals surface area (Å²) in [6.45, 7) is 3.90. The number of rotatable bonds is 7. The van der Waals surface area contributed by atoms with Crippen molar-refractivity contribution in [2.24, 2.45) is 0 Å². The molecule has 2 aromatic heterocycles. The molecule has 1 N–H and O–H groups in total. The summed E-state index contributed by atoms with van der Waals surface area (Å²) in [7, 11) is 1.65. The Morgan fingerprint density at radius 1 is 1.19 bits per heavy atom. The molecule has 1 aliphatic rings. The van der Waals surface area contributed by atoms with E-state index in [1.54, 1.807) is 11.8 Å². The zero-order valence-electron chi connectivity index (χ0n) is 18.3. The van der Waals surface area contributed by atoms with Crippen LogP contribution < -0.4 is 10.5 Å². The summed E-state index contributed by atoms with van der Waals surface area (Å²) < 4.78 is 6.98. The van der Waals surface area contributed by atoms with Crippen molar-refractivity contribution in [1.29, 1.82) is 0 Å². The lowest BCUT2D eigenvalue weighted by molar-refractivity contribution is 0.181. The number of ether oxygens (including phenoxy) is 1. The monoisotopic (exact) mass is 430 g/mol. The van der Waals surface area contributed by atoms with Gasteiger partial charge in [-0.1, -0.05) is 31.2 Å². The molecule has 0 spiro atoms. The highest BCUT2D eigenvalue weighted by atomic mass is 16.5. The second-order valence-electron chi connectivity index (χ2n) is 8.06. The van der Waals surface area contributed by atoms with Crippen LogP contribution in [0, 0.1) is 0 Å². The van der Waals surface area contributed by atoms with Crippen molar-refractivity contribution >= 4 is 16.6 Å². The third-order valence-electron chi connectivity index (χ3n) is 6.19. The molecule has 0 aliphatic carbocycles. The number of benzene rings is 2. The van der Waals surface area contributed by atoms with Crippen LogP contribution in [0.25, 0.3) is 10.9 Å². The maximum absolute atomic E-state index is 13.3. The number of fused-ring (bicyclic) bond motifs is 2. The summed E-state index contributed by atoms with van der Waals surface area (Å²) >= 11 is 0. The lowest BCUT2D eigenvalue weighted by Gasteiger charge is -2.29. The lowest BCUT2D eigenvalue weighted by Crippen LogP contribution is -2.34. The van der Waals surface area contributed by atoms with Crippen LogP contribution in [0.2, 0.25) is 0 Å². The van der Waals surface area contributed by atoms with Crippen molar-refractivity contribution in [1.82, 2.24) is 25.2 Å². The summed E-state index contributed by atoms with van der Waals surface area (Å²) in [6, 6.07) is 16.1. The van der Waals surface area contributed by atoms with Crippen molar-refractivity contribution in [2.45, 2.75) is 32.4 Å². The van der Waals surface area contributed by atoms with Crippen molar-refractivity contribution < 1.29 is 4.74 Å². The summed E-state index contributed by atoms with van der Waals surface area (Å²) in [5.74, 6) is 0.634. The van der Waals surface area contributed by atoms with Crippen LogP contribution in [0.1, 0.15) is 35.5 Å². The highest BCUT2D eigenvalue weighted by Gasteiger charge is 2.34. The number of nitrogens with one attached hydrogen (secondary N) is 1. The topological polar surface area (TPSA) is 88.9 Å². The van der Waals surface area contributed by atoms with E-state index in [0.717, 1.165) is 36.0 Å². The van der Waals surface area contributed by atoms with Crippen molar-refractivity contribution in [3.05, 3.63) is 81.4 Å². The van der Waals surface area contributed by atoms with Crippen LogP contribution in [0.3, 0.4) is 0 Å². The van der Waals surface area contributed by atoms with Crippen molar-refractivity contribution in [3.63, 3.8) is 0 Å². The molecule has 8 nitrogen and oxygen atoms in total. The van der Waals surface area contributed by atoms with Gasteiger partial charge >= 0.3 is 0 Å². The molecule has 1 unspecified atom stereocenters. The first-order valence-electron chi connectivity index (χ1n) is 10.9. The number of tetrazole rings is 1. The smallest absolute Gasteiger partial charge is 0.254 e. The van der Waals surface area contributed by atoms with Gasteiger partial charge in [-0.25, -0.2) is 4.68 Å². The molecule has 0 saturated carbocycles. The largest absolute Gasteiger partial charge is 0.383 e. The summed E-state index contributed by atoms with van der Waals surface area (Å²) in [5, 5.41) is 13.5. The second-order valence-corrected chi connectivity index (χ2v) is 8.06. The highest BCUT2D eigenvalue weighted by Crippen LogP contribution is 2.37. The fraction of sp³-hybridized carbons (Fsp3) is 0.333. The van der Waals surface area contributed by atoms with Crippen LogP contribution in [0.4, 0.5) is 5.69 Å². The Bertz CT molecular complexity index is 1310. The Morgan fingerprint density at radius 2 is 2.06 bits per heavy atom. The van der Waals surface area contributed by atoms with E-state index in [1.165, 1.54) is 11.1 Å². The number of aromatic nitrogens is 5. The van der Waals surface area contributed by atoms with E-state index in [9.17, 15) is 4.79 Å². The molecular formula is C24H26N6O2. The molecule has 0 saturated heterocycles. The van der Waals surface area contributed by atoms with Crippen molar-refractivity contribution in [2.75, 3.05) is 25.2 Å². The number of nitrogens with zero attached hydrogens (tertiary/aromatic N) is 5. The van der Waals surface area contributed by atoms with Crippen LogP contribution in [-0.2, 0) is 24.1 Å². The average molecular weight is 431 g/mol. The number of pyridine rings is 1. The van der Waals surface area contributed by atoms with Crippen LogP contribution in [0.15, 0.2) is 53.3 Å². The first kappa shape index (κ1) is 20.4. The Kier molecular flexibility index (Phi) is 5.45. The van der Waals surface area contributed by atoms with E-state index in [2.05, 4.69) is 62.7 Å². The Balaban J connectivity index is 1.70. The molecule has 164 valence electrons. The molecule has 5 rings (SSSR count). The molecule has 0 bridgehead atoms. The fourth-order valence-corrected chi connectivity index (χ4v) is 4.52. The van der Waals surface area contributed by atoms with Gasteiger partial charge in [-0.2, -0.15) is 0 Å². The second kappa shape index (κ2) is 8.55. The summed E-state index contributed by atoms with van der Waals surface area (Å²) in [4.78, 5) is 18.7. The number of para-hydroxylation sites is 1. The van der Waals surface area contributed by atoms with E-state index >= 15 is 0 Å². The van der Waals surface area contributed by atoms with E-state index < -0.39 is 6.04 Å². The number of hydrogen-bond donors (Lipinski definition) is 1. The van der Waals surface area contributed by atoms with Crippen LogP contribution >= 0.6 is 0 Å². The maximum atomic E-state index is 13.3. The SMILES string of the molecule is CCc1ccc2[nH]c(=O)c(C(c3nnnn3CCOC)N3CCc4ccccc43)cc2c1. The highest BCUT2D eigenvalue weighted by molar-refractivity contribution is 5.80. The minimum Gasteiger partial charge on any atom is -0.383 e. The predicted molar refractivity (Wildman–Crippen MR) is 123 cm³/mol. The van der Waals surface area contributed by atoms with Crippen molar-refractivity contribution in [3.8, 4) is 0 Å². The van der Waals surface area contributed by atoms with Gasteiger partial charge in [-0.15, -0.1) is 5.10 Å². The Morgan fingerprint density at radius 3 is 2.91 bits per heavy atom. The van der Waals surface area contributed by atoms with Gasteiger partial charge < -0.3 is 14.6 Å². The molecule has 0 radical (unpaired) electrons. The van der Waals surface area contributed by atoms with Gasteiger partial charge in [0.1, 0.15) is 6.04 Å². The molecule has 3 heterocycles. The quantitative estimate of drug-likeness (QED) is 0.485. The normalized spacial score (nSPS) is 14.1. The minimum atomic E-state index is -0.413. The molecule has 0 fully saturated rings. The number of anilines is 1. The third kappa shape index (κ3) is 3.56. The zero-order valence-corrected chi connectivity index (χ0v) is 18.3. The number of aryl methyl sites for hydroxylation is 1. The molecule has 0 amide bonds. The Labute approximate surface area is 185 Å². The van der Waals surface area contributed by atoms with E-state index in [4.69, 9.17) is 4.74 Å². The first-order valence-corrected chi connectivity index (χ1v) is 10.9. The molecule has 32 heavy (non-hydrogen) atoms. The van der Waals surface area contributed by atoms with E-state index in [-0.39, 0.29) is 5.56 Å². The maximum Gasteiger partial charge on any atom is 0.254 e. The fourth-order valence-electron chi connectivity index (χ4n) is 4.52. The van der Waals surface area contributed by atoms with Gasteiger partial charge in [0.2, 0.25) is 0 Å². The van der Waals surface area contributed by atoms with Gasteiger partial charge in [0, 0.05) is 30.4 Å². The van der Waals surface area contributed by atoms with Crippen LogP contribution in [0.5, 0.6) is 0 Å². The number of hydrogen-bond acceptors (Lipinski definition) is 6.